The minimum absolute atomic E-state index is 0.169. The fourth-order valence-electron chi connectivity index (χ4n) is 2.25. The molecule has 3 rings (SSSR count). The number of pyridine rings is 1. The van der Waals surface area contributed by atoms with Gasteiger partial charge in [-0.3, -0.25) is 9.89 Å². The van der Waals surface area contributed by atoms with E-state index in [1.807, 2.05) is 19.9 Å². The van der Waals surface area contributed by atoms with Crippen molar-refractivity contribution in [3.8, 4) is 0 Å². The van der Waals surface area contributed by atoms with Gasteiger partial charge in [0.05, 0.1) is 28.0 Å². The minimum atomic E-state index is -0.272. The van der Waals surface area contributed by atoms with Crippen molar-refractivity contribution in [3.63, 3.8) is 0 Å². The van der Waals surface area contributed by atoms with Crippen LogP contribution in [0.4, 0.5) is 11.5 Å². The molecule has 1 amide bonds. The molecule has 0 spiro atoms. The highest BCUT2D eigenvalue weighted by atomic mass is 35.5. The van der Waals surface area contributed by atoms with Crippen LogP contribution in [-0.4, -0.2) is 27.1 Å². The number of benzene rings is 1. The van der Waals surface area contributed by atoms with Crippen molar-refractivity contribution in [2.45, 2.75) is 19.9 Å². The standard InChI is InChI=1S/C16H16ClN5O/c1-9(2)20-15-10(4-3-7-18-15)16(23)21-13-6-5-12-11(14(13)17)8-19-22-12/h3-9H,1-2H3,(H,18,20)(H,19,22)(H,21,23). The van der Waals surface area contributed by atoms with E-state index in [1.165, 1.54) is 0 Å². The summed E-state index contributed by atoms with van der Waals surface area (Å²) in [5.41, 5.74) is 1.81. The predicted octanol–water partition coefficient (Wildman–Crippen LogP) is 3.68. The van der Waals surface area contributed by atoms with Crippen LogP contribution in [0.1, 0.15) is 24.2 Å². The average molecular weight is 330 g/mol. The van der Waals surface area contributed by atoms with Gasteiger partial charge in [0.2, 0.25) is 0 Å². The SMILES string of the molecule is CC(C)Nc1ncccc1C(=O)Nc1ccc2[nH]ncc2c1Cl. The normalized spacial score (nSPS) is 11.0. The number of halogens is 1. The molecule has 0 bridgehead atoms. The number of nitrogens with zero attached hydrogens (tertiary/aromatic N) is 2. The van der Waals surface area contributed by atoms with E-state index >= 15 is 0 Å². The van der Waals surface area contributed by atoms with Gasteiger partial charge in [-0.15, -0.1) is 0 Å². The van der Waals surface area contributed by atoms with Crippen molar-refractivity contribution < 1.29 is 4.79 Å². The number of carbonyl (C=O) groups is 1. The molecular formula is C16H16ClN5O. The van der Waals surface area contributed by atoms with E-state index in [-0.39, 0.29) is 11.9 Å². The Balaban J connectivity index is 1.90. The number of anilines is 2. The first kappa shape index (κ1) is 15.3. The summed E-state index contributed by atoms with van der Waals surface area (Å²) in [5, 5.41) is 14.0. The fourth-order valence-corrected chi connectivity index (χ4v) is 2.51. The van der Waals surface area contributed by atoms with E-state index in [4.69, 9.17) is 11.6 Å². The lowest BCUT2D eigenvalue weighted by atomic mass is 10.2. The summed E-state index contributed by atoms with van der Waals surface area (Å²) in [5.74, 6) is 0.270. The van der Waals surface area contributed by atoms with E-state index in [2.05, 4.69) is 25.8 Å². The zero-order chi connectivity index (χ0) is 16.4. The Kier molecular flexibility index (Phi) is 4.16. The molecule has 0 saturated carbocycles. The summed E-state index contributed by atoms with van der Waals surface area (Å²) < 4.78 is 0. The molecule has 0 atom stereocenters. The highest BCUT2D eigenvalue weighted by Crippen LogP contribution is 2.30. The van der Waals surface area contributed by atoms with Crippen LogP contribution in [-0.2, 0) is 0 Å². The molecule has 3 N–H and O–H groups in total. The third-order valence-electron chi connectivity index (χ3n) is 3.28. The highest BCUT2D eigenvalue weighted by Gasteiger charge is 2.15. The first-order chi connectivity index (χ1) is 11.1. The van der Waals surface area contributed by atoms with Gasteiger partial charge in [0.15, 0.2) is 0 Å². The second kappa shape index (κ2) is 6.26. The summed E-state index contributed by atoms with van der Waals surface area (Å²) >= 11 is 6.33. The van der Waals surface area contributed by atoms with Crippen LogP contribution in [0.15, 0.2) is 36.7 Å². The van der Waals surface area contributed by atoms with Crippen LogP contribution < -0.4 is 10.6 Å². The van der Waals surface area contributed by atoms with Crippen molar-refractivity contribution >= 4 is 39.9 Å². The second-order valence-electron chi connectivity index (χ2n) is 5.41. The average Bonchev–Trinajstić information content (AvgIpc) is 2.99. The third-order valence-corrected chi connectivity index (χ3v) is 3.69. The van der Waals surface area contributed by atoms with Gasteiger partial charge in [-0.1, -0.05) is 11.6 Å². The van der Waals surface area contributed by atoms with Crippen molar-refractivity contribution in [1.29, 1.82) is 0 Å². The van der Waals surface area contributed by atoms with Crippen LogP contribution in [0.25, 0.3) is 10.9 Å². The lowest BCUT2D eigenvalue weighted by Gasteiger charge is -2.14. The van der Waals surface area contributed by atoms with Gasteiger partial charge in [-0.05, 0) is 38.1 Å². The largest absolute Gasteiger partial charge is 0.367 e. The molecule has 0 radical (unpaired) electrons. The van der Waals surface area contributed by atoms with Crippen molar-refractivity contribution in [3.05, 3.63) is 47.2 Å². The summed E-state index contributed by atoms with van der Waals surface area (Å²) in [6.45, 7) is 3.97. The topological polar surface area (TPSA) is 82.7 Å². The Labute approximate surface area is 138 Å². The van der Waals surface area contributed by atoms with Crippen molar-refractivity contribution in [1.82, 2.24) is 15.2 Å². The molecule has 3 aromatic rings. The summed E-state index contributed by atoms with van der Waals surface area (Å²) in [7, 11) is 0. The first-order valence-electron chi connectivity index (χ1n) is 7.20. The van der Waals surface area contributed by atoms with Crippen LogP contribution in [0.2, 0.25) is 5.02 Å². The number of aromatic amines is 1. The number of carbonyl (C=O) groups excluding carboxylic acids is 1. The van der Waals surface area contributed by atoms with Gasteiger partial charge >= 0.3 is 0 Å². The molecule has 23 heavy (non-hydrogen) atoms. The lowest BCUT2D eigenvalue weighted by Crippen LogP contribution is -2.18. The van der Waals surface area contributed by atoms with Gasteiger partial charge in [0.25, 0.3) is 5.91 Å². The maximum atomic E-state index is 12.6. The van der Waals surface area contributed by atoms with Gasteiger partial charge in [0.1, 0.15) is 5.82 Å². The van der Waals surface area contributed by atoms with Crippen LogP contribution in [0.5, 0.6) is 0 Å². The molecule has 0 saturated heterocycles. The number of H-pyrrole nitrogens is 1. The van der Waals surface area contributed by atoms with Gasteiger partial charge in [-0.2, -0.15) is 5.10 Å². The number of hydrogen-bond acceptors (Lipinski definition) is 4. The van der Waals surface area contributed by atoms with Crippen LogP contribution >= 0.6 is 11.6 Å². The minimum Gasteiger partial charge on any atom is -0.367 e. The maximum Gasteiger partial charge on any atom is 0.259 e. The number of aromatic nitrogens is 3. The molecule has 0 aliphatic carbocycles. The number of amides is 1. The number of fused-ring (bicyclic) bond motifs is 1. The molecule has 2 heterocycles. The molecule has 0 unspecified atom stereocenters. The predicted molar refractivity (Wildman–Crippen MR) is 92.1 cm³/mol. The van der Waals surface area contributed by atoms with Gasteiger partial charge in [-0.25, -0.2) is 4.98 Å². The molecule has 0 fully saturated rings. The molecule has 7 heteroatoms. The number of hydrogen-bond donors (Lipinski definition) is 3. The Bertz CT molecular complexity index is 859. The lowest BCUT2D eigenvalue weighted by molar-refractivity contribution is 0.102. The Hall–Kier alpha value is -2.60. The number of rotatable bonds is 4. The first-order valence-corrected chi connectivity index (χ1v) is 7.58. The van der Waals surface area contributed by atoms with E-state index in [0.29, 0.717) is 22.1 Å². The zero-order valence-electron chi connectivity index (χ0n) is 12.7. The molecule has 6 nitrogen and oxygen atoms in total. The summed E-state index contributed by atoms with van der Waals surface area (Å²) in [6.07, 6.45) is 3.27. The molecule has 0 aliphatic heterocycles. The monoisotopic (exact) mass is 329 g/mol. The Morgan fingerprint density at radius 2 is 2.13 bits per heavy atom. The fraction of sp³-hybridized carbons (Fsp3) is 0.188. The summed E-state index contributed by atoms with van der Waals surface area (Å²) in [6, 6.07) is 7.17. The van der Waals surface area contributed by atoms with Gasteiger partial charge < -0.3 is 10.6 Å². The maximum absolute atomic E-state index is 12.6. The van der Waals surface area contributed by atoms with E-state index in [9.17, 15) is 4.79 Å². The van der Waals surface area contributed by atoms with E-state index in [1.54, 1.807) is 30.6 Å². The van der Waals surface area contributed by atoms with E-state index in [0.717, 1.165) is 10.9 Å². The van der Waals surface area contributed by atoms with Gasteiger partial charge in [0, 0.05) is 17.6 Å². The van der Waals surface area contributed by atoms with Crippen LogP contribution in [0, 0.1) is 0 Å². The second-order valence-corrected chi connectivity index (χ2v) is 5.79. The Morgan fingerprint density at radius 3 is 2.91 bits per heavy atom. The molecular weight excluding hydrogens is 314 g/mol. The zero-order valence-corrected chi connectivity index (χ0v) is 13.5. The number of nitrogens with one attached hydrogen (secondary N) is 3. The third kappa shape index (κ3) is 3.12. The van der Waals surface area contributed by atoms with Crippen molar-refractivity contribution in [2.24, 2.45) is 0 Å². The quantitative estimate of drug-likeness (QED) is 0.681. The van der Waals surface area contributed by atoms with Crippen LogP contribution in [0.3, 0.4) is 0 Å². The van der Waals surface area contributed by atoms with Crippen molar-refractivity contribution in [2.75, 3.05) is 10.6 Å². The van der Waals surface area contributed by atoms with E-state index < -0.39 is 0 Å². The molecule has 118 valence electrons. The smallest absolute Gasteiger partial charge is 0.259 e. The highest BCUT2D eigenvalue weighted by molar-refractivity contribution is 6.38. The molecule has 2 aromatic heterocycles. The molecule has 0 aliphatic rings. The Morgan fingerprint density at radius 1 is 1.30 bits per heavy atom. The molecule has 1 aromatic carbocycles. The summed E-state index contributed by atoms with van der Waals surface area (Å²) in [4.78, 5) is 16.8.